The SMILES string of the molecule is c1ccc(N(c2ccccc2)c2cccc3c4c5ccccc5cc5c6c7c8c9ccccc9cc9c%10ccccc%10n(c7ccc6n(c23)c54)c98)cc1. The second kappa shape index (κ2) is 9.81. The largest absolute Gasteiger partial charge is 0.308 e. The molecular weight excluding hydrogens is 643 g/mol. The summed E-state index contributed by atoms with van der Waals surface area (Å²) in [5, 5.41) is 15.6. The van der Waals surface area contributed by atoms with Crippen LogP contribution in [0.25, 0.3) is 97.7 Å². The average molecular weight is 672 g/mol. The molecule has 3 heteroatoms. The van der Waals surface area contributed by atoms with E-state index in [0.29, 0.717) is 0 Å². The van der Waals surface area contributed by atoms with E-state index in [-0.39, 0.29) is 0 Å². The first-order valence-corrected chi connectivity index (χ1v) is 18.4. The summed E-state index contributed by atoms with van der Waals surface area (Å²) in [5.74, 6) is 0. The Morgan fingerprint density at radius 2 is 0.849 bits per heavy atom. The van der Waals surface area contributed by atoms with Gasteiger partial charge < -0.3 is 13.7 Å². The van der Waals surface area contributed by atoms with Crippen LogP contribution < -0.4 is 4.90 Å². The Kier molecular flexibility index (Phi) is 5.11. The van der Waals surface area contributed by atoms with Crippen molar-refractivity contribution in [3.05, 3.63) is 176 Å². The Morgan fingerprint density at radius 1 is 0.302 bits per heavy atom. The number of benzene rings is 9. The van der Waals surface area contributed by atoms with Crippen molar-refractivity contribution in [3.8, 4) is 0 Å². The Morgan fingerprint density at radius 3 is 1.57 bits per heavy atom. The Balaban J connectivity index is 1.31. The van der Waals surface area contributed by atoms with Crippen LogP contribution in [0.3, 0.4) is 0 Å². The fraction of sp³-hybridized carbons (Fsp3) is 0. The molecule has 0 aliphatic rings. The van der Waals surface area contributed by atoms with Gasteiger partial charge in [0, 0.05) is 54.5 Å². The fourth-order valence-electron chi connectivity index (χ4n) is 9.89. The van der Waals surface area contributed by atoms with Crippen LogP contribution in [-0.4, -0.2) is 8.80 Å². The highest BCUT2D eigenvalue weighted by molar-refractivity contribution is 6.41. The number of rotatable bonds is 3. The van der Waals surface area contributed by atoms with E-state index in [4.69, 9.17) is 0 Å². The molecule has 3 nitrogen and oxygen atoms in total. The normalized spacial score (nSPS) is 12.5. The highest BCUT2D eigenvalue weighted by Gasteiger charge is 2.28. The molecule has 0 spiro atoms. The molecule has 13 rings (SSSR count). The molecule has 0 radical (unpaired) electrons. The van der Waals surface area contributed by atoms with E-state index in [2.05, 4.69) is 190 Å². The first kappa shape index (κ1) is 27.6. The van der Waals surface area contributed by atoms with Gasteiger partial charge in [0.25, 0.3) is 0 Å². The first-order valence-electron chi connectivity index (χ1n) is 18.4. The summed E-state index contributed by atoms with van der Waals surface area (Å²) in [7, 11) is 0. The third-order valence-corrected chi connectivity index (χ3v) is 11.9. The highest BCUT2D eigenvalue weighted by Crippen LogP contribution is 2.51. The lowest BCUT2D eigenvalue weighted by Gasteiger charge is -2.26. The van der Waals surface area contributed by atoms with Crippen molar-refractivity contribution in [3.63, 3.8) is 0 Å². The molecule has 0 atom stereocenters. The Labute approximate surface area is 303 Å². The second-order valence-electron chi connectivity index (χ2n) is 14.5. The summed E-state index contributed by atoms with van der Waals surface area (Å²) in [6, 6.07) is 64.9. The second-order valence-corrected chi connectivity index (χ2v) is 14.5. The van der Waals surface area contributed by atoms with Gasteiger partial charge in [-0.15, -0.1) is 0 Å². The molecule has 0 bridgehead atoms. The van der Waals surface area contributed by atoms with Crippen molar-refractivity contribution in [1.82, 2.24) is 8.80 Å². The summed E-state index contributed by atoms with van der Waals surface area (Å²) in [6.45, 7) is 0. The molecule has 0 saturated heterocycles. The number of hydrogen-bond acceptors (Lipinski definition) is 1. The zero-order valence-corrected chi connectivity index (χ0v) is 28.6. The van der Waals surface area contributed by atoms with Crippen LogP contribution in [0.4, 0.5) is 17.1 Å². The van der Waals surface area contributed by atoms with E-state index in [0.717, 1.165) is 17.1 Å². The monoisotopic (exact) mass is 671 g/mol. The number of para-hydroxylation sites is 4. The van der Waals surface area contributed by atoms with E-state index in [9.17, 15) is 0 Å². The summed E-state index contributed by atoms with van der Waals surface area (Å²) in [6.07, 6.45) is 0. The number of fused-ring (bicyclic) bond motifs is 17. The number of anilines is 3. The molecule has 13 aromatic rings. The van der Waals surface area contributed by atoms with Gasteiger partial charge in [0.15, 0.2) is 0 Å². The van der Waals surface area contributed by atoms with Crippen molar-refractivity contribution in [2.45, 2.75) is 0 Å². The lowest BCUT2D eigenvalue weighted by Crippen LogP contribution is -2.10. The van der Waals surface area contributed by atoms with Gasteiger partial charge in [0.2, 0.25) is 0 Å². The molecule has 9 aromatic carbocycles. The van der Waals surface area contributed by atoms with Gasteiger partial charge in [-0.2, -0.15) is 0 Å². The van der Waals surface area contributed by atoms with Crippen molar-refractivity contribution < 1.29 is 0 Å². The first-order chi connectivity index (χ1) is 26.3. The quantitative estimate of drug-likeness (QED) is 0.182. The van der Waals surface area contributed by atoms with Gasteiger partial charge in [0.05, 0.1) is 38.8 Å². The summed E-state index contributed by atoms with van der Waals surface area (Å²) < 4.78 is 5.12. The van der Waals surface area contributed by atoms with Crippen molar-refractivity contribution in [2.24, 2.45) is 0 Å². The molecule has 0 N–H and O–H groups in total. The molecular formula is C50H29N3. The van der Waals surface area contributed by atoms with Gasteiger partial charge in [-0.25, -0.2) is 0 Å². The van der Waals surface area contributed by atoms with Crippen LogP contribution in [0.1, 0.15) is 0 Å². The third kappa shape index (κ3) is 3.36. The van der Waals surface area contributed by atoms with E-state index < -0.39 is 0 Å². The minimum atomic E-state index is 1.13. The number of nitrogens with zero attached hydrogens (tertiary/aromatic N) is 3. The topological polar surface area (TPSA) is 12.1 Å². The van der Waals surface area contributed by atoms with Crippen LogP contribution in [0, 0.1) is 0 Å². The molecule has 244 valence electrons. The molecule has 0 aliphatic heterocycles. The molecule has 0 unspecified atom stereocenters. The molecule has 4 heterocycles. The molecule has 0 fully saturated rings. The summed E-state index contributed by atoms with van der Waals surface area (Å²) in [4.78, 5) is 2.42. The van der Waals surface area contributed by atoms with Crippen LogP contribution in [-0.2, 0) is 0 Å². The van der Waals surface area contributed by atoms with Gasteiger partial charge in [-0.1, -0.05) is 115 Å². The zero-order chi connectivity index (χ0) is 34.4. The maximum atomic E-state index is 2.59. The molecule has 0 saturated carbocycles. The minimum absolute atomic E-state index is 1.13. The lowest BCUT2D eigenvalue weighted by atomic mass is 9.96. The number of aromatic nitrogens is 2. The smallest absolute Gasteiger partial charge is 0.0783 e. The Bertz CT molecular complexity index is 3570. The molecule has 4 aromatic heterocycles. The summed E-state index contributed by atoms with van der Waals surface area (Å²) >= 11 is 0. The van der Waals surface area contributed by atoms with E-state index in [1.165, 1.54) is 97.7 Å². The van der Waals surface area contributed by atoms with Crippen molar-refractivity contribution >= 4 is 115 Å². The summed E-state index contributed by atoms with van der Waals surface area (Å²) in [5.41, 5.74) is 11.0. The standard InChI is InChI=1S/C50H29N3/c1-3-16-32(17-4-1)51(33-18-5-2-6-19-33)43-25-13-23-37-44-34-20-9-7-15-31(34)29-39-45-41(53(48(37)43)50(39)44)26-27-42-47(45)46-35-21-10-8-14-30(35)28-38-36-22-11-12-24-40(36)52(42)49(38)46/h1-29H. The molecule has 53 heavy (non-hydrogen) atoms. The predicted molar refractivity (Wildman–Crippen MR) is 225 cm³/mol. The zero-order valence-electron chi connectivity index (χ0n) is 28.6. The maximum Gasteiger partial charge on any atom is 0.0783 e. The maximum absolute atomic E-state index is 2.59. The average Bonchev–Trinajstić information content (AvgIpc) is 3.95. The van der Waals surface area contributed by atoms with Gasteiger partial charge in [-0.05, 0) is 82.2 Å². The van der Waals surface area contributed by atoms with Crippen LogP contribution in [0.15, 0.2) is 176 Å². The van der Waals surface area contributed by atoms with Crippen LogP contribution >= 0.6 is 0 Å². The lowest BCUT2D eigenvalue weighted by molar-refractivity contribution is 1.27. The van der Waals surface area contributed by atoms with E-state index >= 15 is 0 Å². The van der Waals surface area contributed by atoms with Crippen LogP contribution in [0.5, 0.6) is 0 Å². The van der Waals surface area contributed by atoms with E-state index in [1.807, 2.05) is 0 Å². The van der Waals surface area contributed by atoms with Crippen molar-refractivity contribution in [1.29, 1.82) is 0 Å². The highest BCUT2D eigenvalue weighted by atomic mass is 15.2. The molecule has 0 amide bonds. The van der Waals surface area contributed by atoms with Gasteiger partial charge >= 0.3 is 0 Å². The number of hydrogen-bond donors (Lipinski definition) is 0. The van der Waals surface area contributed by atoms with Gasteiger partial charge in [-0.3, -0.25) is 0 Å². The fourth-order valence-corrected chi connectivity index (χ4v) is 9.89. The van der Waals surface area contributed by atoms with Crippen LogP contribution in [0.2, 0.25) is 0 Å². The Hall–Kier alpha value is -7.10. The van der Waals surface area contributed by atoms with Crippen molar-refractivity contribution in [2.75, 3.05) is 4.90 Å². The molecule has 0 aliphatic carbocycles. The third-order valence-electron chi connectivity index (χ3n) is 11.9. The predicted octanol–water partition coefficient (Wildman–Crippen LogP) is 13.8. The minimum Gasteiger partial charge on any atom is -0.308 e. The van der Waals surface area contributed by atoms with E-state index in [1.54, 1.807) is 0 Å². The van der Waals surface area contributed by atoms with Gasteiger partial charge in [0.1, 0.15) is 0 Å².